The standard InChI is InChI=1S/C14H12N2O4/c1-10(13(17)11-6-3-2-4-7-11)20-12-8-5-9-15-14(12)16(18)19/h2-10H,1H3. The number of carbonyl (C=O) groups is 1. The Morgan fingerprint density at radius 3 is 2.60 bits per heavy atom. The number of nitrogens with zero attached hydrogens (tertiary/aromatic N) is 2. The van der Waals surface area contributed by atoms with Crippen LogP contribution >= 0.6 is 0 Å². The van der Waals surface area contributed by atoms with E-state index < -0.39 is 16.8 Å². The molecule has 0 N–H and O–H groups in total. The summed E-state index contributed by atoms with van der Waals surface area (Å²) >= 11 is 0. The van der Waals surface area contributed by atoms with E-state index in [4.69, 9.17) is 4.74 Å². The van der Waals surface area contributed by atoms with E-state index in [0.717, 1.165) is 0 Å². The zero-order valence-corrected chi connectivity index (χ0v) is 10.7. The van der Waals surface area contributed by atoms with E-state index in [9.17, 15) is 14.9 Å². The third-order valence-corrected chi connectivity index (χ3v) is 2.66. The lowest BCUT2D eigenvalue weighted by atomic mass is 10.1. The van der Waals surface area contributed by atoms with Crippen LogP contribution in [-0.2, 0) is 0 Å². The van der Waals surface area contributed by atoms with Gasteiger partial charge in [0.15, 0.2) is 6.10 Å². The summed E-state index contributed by atoms with van der Waals surface area (Å²) in [6.45, 7) is 1.55. The lowest BCUT2D eigenvalue weighted by Crippen LogP contribution is -2.24. The van der Waals surface area contributed by atoms with Gasteiger partial charge in [0, 0.05) is 5.56 Å². The minimum absolute atomic E-state index is 0.0192. The first-order chi connectivity index (χ1) is 9.59. The topological polar surface area (TPSA) is 82.3 Å². The molecule has 1 atom stereocenters. The monoisotopic (exact) mass is 272 g/mol. The molecular weight excluding hydrogens is 260 g/mol. The second kappa shape index (κ2) is 5.92. The number of benzene rings is 1. The van der Waals surface area contributed by atoms with Gasteiger partial charge in [-0.1, -0.05) is 30.3 Å². The molecule has 1 unspecified atom stereocenters. The van der Waals surface area contributed by atoms with Crippen LogP contribution in [0.25, 0.3) is 0 Å². The molecule has 0 aliphatic rings. The highest BCUT2D eigenvalue weighted by Crippen LogP contribution is 2.24. The minimum Gasteiger partial charge on any atom is -0.474 e. The van der Waals surface area contributed by atoms with Crippen molar-refractivity contribution in [3.8, 4) is 5.75 Å². The van der Waals surface area contributed by atoms with Crippen molar-refractivity contribution in [2.24, 2.45) is 0 Å². The Bertz CT molecular complexity index is 628. The van der Waals surface area contributed by atoms with Gasteiger partial charge in [-0.3, -0.25) is 4.79 Å². The zero-order chi connectivity index (χ0) is 14.5. The first-order valence-electron chi connectivity index (χ1n) is 5.95. The van der Waals surface area contributed by atoms with Crippen LogP contribution in [0.1, 0.15) is 17.3 Å². The van der Waals surface area contributed by atoms with Crippen molar-refractivity contribution in [3.63, 3.8) is 0 Å². The molecule has 0 aliphatic carbocycles. The number of pyridine rings is 1. The van der Waals surface area contributed by atoms with Crippen molar-refractivity contribution in [2.45, 2.75) is 13.0 Å². The summed E-state index contributed by atoms with van der Waals surface area (Å²) in [5.74, 6) is -0.668. The predicted octanol–water partition coefficient (Wildman–Crippen LogP) is 2.64. The van der Waals surface area contributed by atoms with Crippen LogP contribution in [-0.4, -0.2) is 21.8 Å². The maximum absolute atomic E-state index is 12.1. The van der Waals surface area contributed by atoms with Crippen LogP contribution in [0, 0.1) is 10.1 Å². The highest BCUT2D eigenvalue weighted by atomic mass is 16.6. The Kier molecular flexibility index (Phi) is 4.05. The Morgan fingerprint density at radius 1 is 1.25 bits per heavy atom. The Hall–Kier alpha value is -2.76. The quantitative estimate of drug-likeness (QED) is 0.474. The number of aromatic nitrogens is 1. The van der Waals surface area contributed by atoms with Crippen LogP contribution in [0.3, 0.4) is 0 Å². The fourth-order valence-corrected chi connectivity index (χ4v) is 1.69. The number of Topliss-reactive ketones (excluding diaryl/α,β-unsaturated/α-hetero) is 1. The summed E-state index contributed by atoms with van der Waals surface area (Å²) in [7, 11) is 0. The van der Waals surface area contributed by atoms with Crippen molar-refractivity contribution in [1.82, 2.24) is 4.98 Å². The summed E-state index contributed by atoms with van der Waals surface area (Å²) < 4.78 is 5.37. The maximum Gasteiger partial charge on any atom is 0.406 e. The molecule has 0 saturated heterocycles. The number of ketones is 1. The summed E-state index contributed by atoms with van der Waals surface area (Å²) in [6, 6.07) is 11.6. The minimum atomic E-state index is -0.833. The molecule has 1 aromatic heterocycles. The van der Waals surface area contributed by atoms with Crippen LogP contribution in [0.2, 0.25) is 0 Å². The van der Waals surface area contributed by atoms with Gasteiger partial charge in [0.2, 0.25) is 11.5 Å². The first kappa shape index (κ1) is 13.7. The van der Waals surface area contributed by atoms with E-state index in [-0.39, 0.29) is 11.5 Å². The van der Waals surface area contributed by atoms with Gasteiger partial charge in [-0.2, -0.15) is 0 Å². The molecule has 0 bridgehead atoms. The molecule has 20 heavy (non-hydrogen) atoms. The average Bonchev–Trinajstić information content (AvgIpc) is 2.47. The number of ether oxygens (including phenoxy) is 1. The third-order valence-electron chi connectivity index (χ3n) is 2.66. The van der Waals surface area contributed by atoms with Gasteiger partial charge in [0.25, 0.3) is 0 Å². The van der Waals surface area contributed by atoms with Crippen molar-refractivity contribution >= 4 is 11.6 Å². The largest absolute Gasteiger partial charge is 0.474 e. The normalized spacial score (nSPS) is 11.7. The highest BCUT2D eigenvalue weighted by molar-refractivity contribution is 5.99. The maximum atomic E-state index is 12.1. The number of hydrogen-bond donors (Lipinski definition) is 0. The van der Waals surface area contributed by atoms with Crippen LogP contribution in [0.5, 0.6) is 5.75 Å². The zero-order valence-electron chi connectivity index (χ0n) is 10.7. The molecule has 6 heteroatoms. The summed E-state index contributed by atoms with van der Waals surface area (Å²) in [6.07, 6.45) is 0.467. The summed E-state index contributed by atoms with van der Waals surface area (Å²) in [4.78, 5) is 25.9. The summed E-state index contributed by atoms with van der Waals surface area (Å²) in [5.41, 5.74) is 0.492. The van der Waals surface area contributed by atoms with Crippen molar-refractivity contribution < 1.29 is 14.5 Å². The lowest BCUT2D eigenvalue weighted by molar-refractivity contribution is -0.390. The highest BCUT2D eigenvalue weighted by Gasteiger charge is 2.22. The number of rotatable bonds is 5. The van der Waals surface area contributed by atoms with Gasteiger partial charge in [-0.05, 0) is 29.0 Å². The van der Waals surface area contributed by atoms with Gasteiger partial charge in [-0.15, -0.1) is 0 Å². The molecule has 0 amide bonds. The van der Waals surface area contributed by atoms with Gasteiger partial charge < -0.3 is 14.9 Å². The second-order valence-electron chi connectivity index (χ2n) is 4.07. The molecule has 1 aromatic carbocycles. The number of carbonyl (C=O) groups excluding carboxylic acids is 1. The van der Waals surface area contributed by atoms with E-state index in [1.165, 1.54) is 18.3 Å². The molecule has 102 valence electrons. The molecule has 0 radical (unpaired) electrons. The molecule has 0 spiro atoms. The molecule has 2 rings (SSSR count). The summed E-state index contributed by atoms with van der Waals surface area (Å²) in [5, 5.41) is 10.8. The molecule has 2 aromatic rings. The molecule has 0 saturated carbocycles. The molecule has 0 fully saturated rings. The van der Waals surface area contributed by atoms with Crippen molar-refractivity contribution in [3.05, 3.63) is 64.3 Å². The number of nitro groups is 1. The van der Waals surface area contributed by atoms with E-state index in [1.807, 2.05) is 0 Å². The van der Waals surface area contributed by atoms with Crippen molar-refractivity contribution in [1.29, 1.82) is 0 Å². The first-order valence-corrected chi connectivity index (χ1v) is 5.95. The van der Waals surface area contributed by atoms with Crippen LogP contribution in [0.15, 0.2) is 48.7 Å². The molecule has 0 aliphatic heterocycles. The van der Waals surface area contributed by atoms with E-state index in [0.29, 0.717) is 5.56 Å². The van der Waals surface area contributed by atoms with Gasteiger partial charge >= 0.3 is 5.82 Å². The Morgan fingerprint density at radius 2 is 1.95 bits per heavy atom. The molecular formula is C14H12N2O4. The van der Waals surface area contributed by atoms with Gasteiger partial charge in [-0.25, -0.2) is 0 Å². The lowest BCUT2D eigenvalue weighted by Gasteiger charge is -2.13. The fourth-order valence-electron chi connectivity index (χ4n) is 1.69. The second-order valence-corrected chi connectivity index (χ2v) is 4.07. The molecule has 1 heterocycles. The van der Waals surface area contributed by atoms with Crippen LogP contribution in [0.4, 0.5) is 5.82 Å². The predicted molar refractivity (Wildman–Crippen MR) is 71.8 cm³/mol. The third kappa shape index (κ3) is 2.97. The average molecular weight is 272 g/mol. The van der Waals surface area contributed by atoms with Gasteiger partial charge in [0.1, 0.15) is 6.20 Å². The Balaban J connectivity index is 2.18. The van der Waals surface area contributed by atoms with E-state index >= 15 is 0 Å². The number of hydrogen-bond acceptors (Lipinski definition) is 5. The van der Waals surface area contributed by atoms with Gasteiger partial charge in [0.05, 0.1) is 0 Å². The van der Waals surface area contributed by atoms with Crippen molar-refractivity contribution in [2.75, 3.05) is 0 Å². The van der Waals surface area contributed by atoms with Crippen LogP contribution < -0.4 is 4.74 Å². The fraction of sp³-hybridized carbons (Fsp3) is 0.143. The Labute approximate surface area is 115 Å². The SMILES string of the molecule is CC(Oc1cccnc1[N+](=O)[O-])C(=O)c1ccccc1. The molecule has 6 nitrogen and oxygen atoms in total. The van der Waals surface area contributed by atoms with E-state index in [1.54, 1.807) is 37.3 Å². The smallest absolute Gasteiger partial charge is 0.406 e. The van der Waals surface area contributed by atoms with E-state index in [2.05, 4.69) is 4.98 Å².